The first kappa shape index (κ1) is 32.2. The molecule has 19 nitrogen and oxygen atoms in total. The summed E-state index contributed by atoms with van der Waals surface area (Å²) in [5.74, 6) is -1.16. The Morgan fingerprint density at radius 2 is 1.65 bits per heavy atom. The van der Waals surface area contributed by atoms with Crippen LogP contribution in [0.5, 0.6) is 0 Å². The summed E-state index contributed by atoms with van der Waals surface area (Å²) in [6, 6.07) is -4.02. The summed E-state index contributed by atoms with van der Waals surface area (Å²) in [4.78, 5) is 15.8. The number of aliphatic hydroxyl groups is 7. The average molecular weight is 582 g/mol. The fourth-order valence-electron chi connectivity index (χ4n) is 5.13. The highest BCUT2D eigenvalue weighted by molar-refractivity contribution is 5.76. The molecular weight excluding hydrogens is 542 g/mol. The molecule has 0 bridgehead atoms. The summed E-state index contributed by atoms with van der Waals surface area (Å²) in [7, 11) is 1.42. The van der Waals surface area contributed by atoms with E-state index in [1.165, 1.54) is 14.0 Å². The molecule has 0 aromatic rings. The van der Waals surface area contributed by atoms with Crippen molar-refractivity contribution in [3.8, 4) is 0 Å². The maximum Gasteiger partial charge on any atom is 0.188 e. The molecule has 2 aliphatic heterocycles. The minimum Gasteiger partial charge on any atom is -0.394 e. The van der Waals surface area contributed by atoms with Gasteiger partial charge in [0.05, 0.1) is 24.8 Å². The average Bonchev–Trinajstić information content (AvgIpc) is 3.13. The van der Waals surface area contributed by atoms with E-state index in [1.54, 1.807) is 0 Å². The second-order valence-corrected chi connectivity index (χ2v) is 9.93. The Hall–Kier alpha value is -2.27. The van der Waals surface area contributed by atoms with Crippen LogP contribution in [0.4, 0.5) is 0 Å². The molecule has 3 rings (SSSR count). The minimum absolute atomic E-state index is 0.138. The first-order chi connectivity index (χ1) is 18.7. The number of likely N-dealkylation sites (N-methyl/N-ethyl adjacent to an activating group) is 1. The molecule has 0 spiro atoms. The fraction of sp³-hybridized carbons (Fsp3) is 0.857. The van der Waals surface area contributed by atoms with Gasteiger partial charge in [0.2, 0.25) is 0 Å². The van der Waals surface area contributed by atoms with Gasteiger partial charge >= 0.3 is 0 Å². The molecule has 1 saturated carbocycles. The molecule has 3 fully saturated rings. The van der Waals surface area contributed by atoms with Crippen LogP contribution in [-0.4, -0.2) is 159 Å². The van der Waals surface area contributed by atoms with E-state index < -0.39 is 110 Å². The van der Waals surface area contributed by atoms with Gasteiger partial charge in [-0.3, -0.25) is 10.2 Å². The van der Waals surface area contributed by atoms with Crippen molar-refractivity contribution in [2.24, 2.45) is 22.2 Å². The standard InChI is InChI=1S/C21H39N7O12/c1-5-21(36,4-30)16(40-17-9(26-2)13(34)10(31)6(3-29)38-17)18(37-5)39-15-8(28-20(24)25)11(32)7(27-19(22)23)12(33)14(15)35/h4-18,26,29,31-36H,3H2,1-2H3,(H4,22,23,27)(H4,24,25,28)/t5-,6-,7?,8?,9-,10-,11?,12?,13-,14?,15?,16-,17-,18+,21+/m0/s1. The normalized spacial score (nSPS) is 47.4. The second kappa shape index (κ2) is 12.7. The van der Waals surface area contributed by atoms with E-state index in [9.17, 15) is 40.5 Å². The van der Waals surface area contributed by atoms with Crippen molar-refractivity contribution in [2.45, 2.75) is 98.2 Å². The van der Waals surface area contributed by atoms with Gasteiger partial charge in [0, 0.05) is 0 Å². The third-order valence-electron chi connectivity index (χ3n) is 7.40. The highest BCUT2D eigenvalue weighted by Gasteiger charge is 2.60. The Morgan fingerprint density at radius 3 is 2.17 bits per heavy atom. The molecule has 0 radical (unpaired) electrons. The van der Waals surface area contributed by atoms with Gasteiger partial charge in [-0.2, -0.15) is 0 Å². The lowest BCUT2D eigenvalue weighted by atomic mass is 9.81. The van der Waals surface area contributed by atoms with Crippen LogP contribution in [0, 0.1) is 5.41 Å². The molecule has 0 amide bonds. The largest absolute Gasteiger partial charge is 0.394 e. The molecule has 2 heterocycles. The Kier molecular flexibility index (Phi) is 10.2. The Balaban J connectivity index is 1.95. The molecule has 0 aromatic heterocycles. The summed E-state index contributed by atoms with van der Waals surface area (Å²) in [5.41, 5.74) is 13.8. The third kappa shape index (κ3) is 6.00. The van der Waals surface area contributed by atoms with Crippen LogP contribution in [-0.2, 0) is 23.7 Å². The van der Waals surface area contributed by atoms with E-state index in [0.29, 0.717) is 0 Å². The Morgan fingerprint density at radius 1 is 1.00 bits per heavy atom. The van der Waals surface area contributed by atoms with Crippen LogP contribution in [0.3, 0.4) is 0 Å². The van der Waals surface area contributed by atoms with Crippen molar-refractivity contribution in [2.75, 3.05) is 13.7 Å². The van der Waals surface area contributed by atoms with Gasteiger partial charge in [0.25, 0.3) is 0 Å². The van der Waals surface area contributed by atoms with E-state index >= 15 is 0 Å². The van der Waals surface area contributed by atoms with Crippen LogP contribution >= 0.6 is 0 Å². The molecule has 2 saturated heterocycles. The molecule has 40 heavy (non-hydrogen) atoms. The molecule has 16 N–H and O–H groups in total. The third-order valence-corrected chi connectivity index (χ3v) is 7.40. The molecule has 230 valence electrons. The van der Waals surface area contributed by atoms with Gasteiger partial charge in [-0.15, -0.1) is 0 Å². The van der Waals surface area contributed by atoms with E-state index in [4.69, 9.17) is 41.6 Å². The number of rotatable bonds is 9. The molecule has 3 aliphatic rings. The van der Waals surface area contributed by atoms with Gasteiger partial charge in [-0.05, 0) is 14.0 Å². The predicted molar refractivity (Wildman–Crippen MR) is 132 cm³/mol. The number of carbonyl (C=O) groups excluding carboxylic acids is 1. The number of aliphatic hydroxyl groups excluding tert-OH is 6. The van der Waals surface area contributed by atoms with E-state index in [2.05, 4.69) is 15.6 Å². The Labute approximate surface area is 228 Å². The van der Waals surface area contributed by atoms with Crippen LogP contribution in [0.1, 0.15) is 6.92 Å². The van der Waals surface area contributed by atoms with Crippen LogP contribution in [0.25, 0.3) is 0 Å². The summed E-state index contributed by atoms with van der Waals surface area (Å²) < 4.78 is 22.9. The van der Waals surface area contributed by atoms with Gasteiger partial charge in [0.1, 0.15) is 54.9 Å². The lowest BCUT2D eigenvalue weighted by Gasteiger charge is -2.46. The van der Waals surface area contributed by atoms with E-state index in [-0.39, 0.29) is 6.29 Å². The monoisotopic (exact) mass is 581 g/mol. The number of nitrogens with one attached hydrogen (secondary N) is 3. The summed E-state index contributed by atoms with van der Waals surface area (Å²) in [6.45, 7) is 0.616. The fourth-order valence-corrected chi connectivity index (χ4v) is 5.13. The van der Waals surface area contributed by atoms with Crippen LogP contribution < -0.4 is 27.8 Å². The number of aliphatic imine (C=N–C) groups is 1. The van der Waals surface area contributed by atoms with Crippen molar-refractivity contribution >= 4 is 18.2 Å². The topological polar surface area (TPSA) is 334 Å². The first-order valence-electron chi connectivity index (χ1n) is 12.4. The SMILES string of the molecule is CN[C@@H]1[C@H](O[C@H]2[C@@H](OC3C(O)C(O)C(N=C(N)N)C(O)C3NC(=N)N)O[C@@H](C)[C@]2(O)C=O)O[C@@H](CO)[C@H](O)[C@H]1O. The smallest absolute Gasteiger partial charge is 0.188 e. The van der Waals surface area contributed by atoms with Gasteiger partial charge in [-0.25, -0.2) is 4.99 Å². The second-order valence-electron chi connectivity index (χ2n) is 9.93. The molecular formula is C21H39N7O12. The van der Waals surface area contributed by atoms with Crippen LogP contribution in [0.15, 0.2) is 4.99 Å². The zero-order valence-electron chi connectivity index (χ0n) is 21.7. The molecule has 15 atom stereocenters. The van der Waals surface area contributed by atoms with Crippen molar-refractivity contribution in [1.82, 2.24) is 10.6 Å². The van der Waals surface area contributed by atoms with Crippen molar-refractivity contribution in [3.63, 3.8) is 0 Å². The summed E-state index contributed by atoms with van der Waals surface area (Å²) in [6.07, 6.45) is -17.3. The zero-order valence-corrected chi connectivity index (χ0v) is 21.7. The van der Waals surface area contributed by atoms with Gasteiger partial charge < -0.3 is 82.5 Å². The molecule has 0 aromatic carbocycles. The first-order valence-corrected chi connectivity index (χ1v) is 12.4. The predicted octanol–water partition coefficient (Wildman–Crippen LogP) is -7.95. The number of guanidine groups is 2. The maximum atomic E-state index is 12.1. The van der Waals surface area contributed by atoms with Crippen molar-refractivity contribution in [3.05, 3.63) is 0 Å². The minimum atomic E-state index is -2.39. The van der Waals surface area contributed by atoms with Crippen LogP contribution in [0.2, 0.25) is 0 Å². The van der Waals surface area contributed by atoms with Gasteiger partial charge in [0.15, 0.2) is 36.4 Å². The number of nitrogens with zero attached hydrogens (tertiary/aromatic N) is 1. The molecule has 1 aliphatic carbocycles. The number of carbonyl (C=O) groups is 1. The van der Waals surface area contributed by atoms with Gasteiger partial charge in [-0.1, -0.05) is 0 Å². The summed E-state index contributed by atoms with van der Waals surface area (Å²) >= 11 is 0. The quantitative estimate of drug-likeness (QED) is 0.0682. The summed E-state index contributed by atoms with van der Waals surface area (Å²) in [5, 5.41) is 86.6. The number of nitrogens with two attached hydrogens (primary N) is 3. The number of aldehydes is 1. The zero-order chi connectivity index (χ0) is 30.1. The van der Waals surface area contributed by atoms with E-state index in [1.807, 2.05) is 0 Å². The number of ether oxygens (including phenoxy) is 4. The number of hydrogen-bond donors (Lipinski definition) is 13. The van der Waals surface area contributed by atoms with E-state index in [0.717, 1.165) is 0 Å². The highest BCUT2D eigenvalue weighted by Crippen LogP contribution is 2.38. The lowest BCUT2D eigenvalue weighted by Crippen LogP contribution is -2.70. The Bertz CT molecular complexity index is 930. The molecule has 6 unspecified atom stereocenters. The van der Waals surface area contributed by atoms with Crippen molar-refractivity contribution < 1.29 is 59.5 Å². The highest BCUT2D eigenvalue weighted by atomic mass is 16.8. The number of hydrogen-bond acceptors (Lipinski definition) is 15. The maximum absolute atomic E-state index is 12.1. The molecule has 19 heteroatoms. The lowest BCUT2D eigenvalue weighted by molar-refractivity contribution is -0.314. The van der Waals surface area contributed by atoms with Crippen molar-refractivity contribution in [1.29, 1.82) is 5.41 Å².